The zero-order valence-corrected chi connectivity index (χ0v) is 11.9. The van der Waals surface area contributed by atoms with E-state index in [2.05, 4.69) is 15.6 Å². The molecule has 0 atom stereocenters. The van der Waals surface area contributed by atoms with Gasteiger partial charge in [-0.3, -0.25) is 4.98 Å². The van der Waals surface area contributed by atoms with Crippen molar-refractivity contribution in [3.05, 3.63) is 58.6 Å². The highest BCUT2D eigenvalue weighted by Crippen LogP contribution is 2.34. The Balaban J connectivity index is 1.79. The van der Waals surface area contributed by atoms with E-state index in [0.29, 0.717) is 5.52 Å². The van der Waals surface area contributed by atoms with Crippen molar-refractivity contribution in [2.24, 2.45) is 0 Å². The SMILES string of the molecule is O=C(Nc1ccc2[nH]c(=O)oc2c1)Nc1ccccc1C(F)(F)F. The van der Waals surface area contributed by atoms with E-state index in [-0.39, 0.29) is 17.0 Å². The van der Waals surface area contributed by atoms with E-state index in [9.17, 15) is 22.8 Å². The van der Waals surface area contributed by atoms with E-state index in [1.807, 2.05) is 0 Å². The van der Waals surface area contributed by atoms with Crippen LogP contribution in [0.2, 0.25) is 0 Å². The lowest BCUT2D eigenvalue weighted by Crippen LogP contribution is -2.21. The second-order valence-corrected chi connectivity index (χ2v) is 4.85. The van der Waals surface area contributed by atoms with Gasteiger partial charge < -0.3 is 15.1 Å². The number of anilines is 2. The summed E-state index contributed by atoms with van der Waals surface area (Å²) in [6, 6.07) is 8.13. The van der Waals surface area contributed by atoms with Crippen LogP contribution in [0.15, 0.2) is 51.7 Å². The van der Waals surface area contributed by atoms with Crippen LogP contribution in [-0.4, -0.2) is 11.0 Å². The number of carbonyl (C=O) groups is 1. The largest absolute Gasteiger partial charge is 0.418 e. The first-order valence-electron chi connectivity index (χ1n) is 6.70. The summed E-state index contributed by atoms with van der Waals surface area (Å²) in [6.07, 6.45) is -4.59. The molecule has 24 heavy (non-hydrogen) atoms. The Labute approximate surface area is 132 Å². The first-order valence-corrected chi connectivity index (χ1v) is 6.70. The van der Waals surface area contributed by atoms with Crippen LogP contribution in [0.5, 0.6) is 0 Å². The molecule has 0 aliphatic heterocycles. The average Bonchev–Trinajstić information content (AvgIpc) is 2.86. The second-order valence-electron chi connectivity index (χ2n) is 4.85. The molecule has 0 fully saturated rings. The Kier molecular flexibility index (Phi) is 3.76. The highest BCUT2D eigenvalue weighted by Gasteiger charge is 2.33. The van der Waals surface area contributed by atoms with Crippen molar-refractivity contribution < 1.29 is 22.4 Å². The Morgan fingerprint density at radius 2 is 1.83 bits per heavy atom. The number of alkyl halides is 3. The number of oxazole rings is 1. The van der Waals surface area contributed by atoms with E-state index in [0.717, 1.165) is 12.1 Å². The second kappa shape index (κ2) is 5.76. The molecule has 1 heterocycles. The molecule has 0 unspecified atom stereocenters. The number of aromatic nitrogens is 1. The molecule has 1 aromatic heterocycles. The third kappa shape index (κ3) is 3.24. The summed E-state index contributed by atoms with van der Waals surface area (Å²) < 4.78 is 43.5. The van der Waals surface area contributed by atoms with Crippen molar-refractivity contribution in [2.75, 3.05) is 10.6 Å². The molecule has 2 amide bonds. The predicted molar refractivity (Wildman–Crippen MR) is 80.9 cm³/mol. The maximum absolute atomic E-state index is 12.9. The number of fused-ring (bicyclic) bond motifs is 1. The number of aromatic amines is 1. The van der Waals surface area contributed by atoms with Crippen LogP contribution in [0.25, 0.3) is 11.1 Å². The molecular weight excluding hydrogens is 327 g/mol. The van der Waals surface area contributed by atoms with E-state index < -0.39 is 23.5 Å². The van der Waals surface area contributed by atoms with Crippen LogP contribution in [0, 0.1) is 0 Å². The quantitative estimate of drug-likeness (QED) is 0.665. The Hall–Kier alpha value is -3.23. The number of hydrogen-bond acceptors (Lipinski definition) is 3. The maximum atomic E-state index is 12.9. The van der Waals surface area contributed by atoms with Crippen LogP contribution in [0.3, 0.4) is 0 Å². The van der Waals surface area contributed by atoms with Crippen molar-refractivity contribution in [1.82, 2.24) is 4.98 Å². The van der Waals surface area contributed by atoms with Gasteiger partial charge in [-0.25, -0.2) is 9.59 Å². The number of hydrogen-bond donors (Lipinski definition) is 3. The third-order valence-electron chi connectivity index (χ3n) is 3.16. The molecule has 3 aromatic rings. The molecule has 9 heteroatoms. The topological polar surface area (TPSA) is 87.1 Å². The molecular formula is C15H10F3N3O3. The molecule has 124 valence electrons. The van der Waals surface area contributed by atoms with E-state index >= 15 is 0 Å². The smallest absolute Gasteiger partial charge is 0.408 e. The zero-order chi connectivity index (χ0) is 17.3. The molecule has 2 aromatic carbocycles. The van der Waals surface area contributed by atoms with Crippen LogP contribution >= 0.6 is 0 Å². The number of benzene rings is 2. The van der Waals surface area contributed by atoms with Crippen LogP contribution in [-0.2, 0) is 6.18 Å². The van der Waals surface area contributed by atoms with Gasteiger partial charge in [0.05, 0.1) is 16.8 Å². The number of H-pyrrole nitrogens is 1. The standard InChI is InChI=1S/C15H10F3N3O3/c16-15(17,18)9-3-1-2-4-10(9)20-13(22)19-8-5-6-11-12(7-8)24-14(23)21-11/h1-7H,(H,21,23)(H2,19,20,22). The van der Waals surface area contributed by atoms with Crippen molar-refractivity contribution in [3.8, 4) is 0 Å². The van der Waals surface area contributed by atoms with Crippen molar-refractivity contribution >= 4 is 28.5 Å². The first kappa shape index (κ1) is 15.7. The lowest BCUT2D eigenvalue weighted by molar-refractivity contribution is -0.136. The first-order chi connectivity index (χ1) is 11.3. The van der Waals surface area contributed by atoms with E-state index in [1.165, 1.54) is 30.3 Å². The van der Waals surface area contributed by atoms with Gasteiger partial charge in [0, 0.05) is 11.8 Å². The molecule has 0 aliphatic carbocycles. The monoisotopic (exact) mass is 337 g/mol. The minimum Gasteiger partial charge on any atom is -0.408 e. The van der Waals surface area contributed by atoms with Crippen LogP contribution in [0.4, 0.5) is 29.3 Å². The van der Waals surface area contributed by atoms with E-state index in [1.54, 1.807) is 0 Å². The molecule has 0 saturated heterocycles. The number of rotatable bonds is 2. The Bertz CT molecular complexity index is 959. The lowest BCUT2D eigenvalue weighted by atomic mass is 10.1. The van der Waals surface area contributed by atoms with Crippen molar-refractivity contribution in [3.63, 3.8) is 0 Å². The third-order valence-corrected chi connectivity index (χ3v) is 3.16. The van der Waals surface area contributed by atoms with Gasteiger partial charge in [0.2, 0.25) is 0 Å². The molecule has 0 aliphatic rings. The summed E-state index contributed by atoms with van der Waals surface area (Å²) in [5.74, 6) is -0.647. The summed E-state index contributed by atoms with van der Waals surface area (Å²) in [5, 5.41) is 4.53. The van der Waals surface area contributed by atoms with Crippen LogP contribution in [0.1, 0.15) is 5.56 Å². The number of para-hydroxylation sites is 1. The Morgan fingerprint density at radius 3 is 2.58 bits per heavy atom. The fraction of sp³-hybridized carbons (Fsp3) is 0.0667. The number of carbonyl (C=O) groups excluding carboxylic acids is 1. The molecule has 3 N–H and O–H groups in total. The number of halogens is 3. The van der Waals surface area contributed by atoms with Gasteiger partial charge in [-0.15, -0.1) is 0 Å². The van der Waals surface area contributed by atoms with Crippen molar-refractivity contribution in [1.29, 1.82) is 0 Å². The molecule has 0 spiro atoms. The maximum Gasteiger partial charge on any atom is 0.418 e. The minimum atomic E-state index is -4.59. The molecule has 0 bridgehead atoms. The average molecular weight is 337 g/mol. The van der Waals surface area contributed by atoms with Gasteiger partial charge in [0.1, 0.15) is 0 Å². The lowest BCUT2D eigenvalue weighted by Gasteiger charge is -2.14. The van der Waals surface area contributed by atoms with Gasteiger partial charge in [0.15, 0.2) is 5.58 Å². The molecule has 0 saturated carbocycles. The number of urea groups is 1. The summed E-state index contributed by atoms with van der Waals surface area (Å²) in [6.45, 7) is 0. The minimum absolute atomic E-state index is 0.216. The van der Waals surface area contributed by atoms with Gasteiger partial charge in [0.25, 0.3) is 0 Å². The summed E-state index contributed by atoms with van der Waals surface area (Å²) in [4.78, 5) is 25.4. The molecule has 6 nitrogen and oxygen atoms in total. The van der Waals surface area contributed by atoms with Gasteiger partial charge in [-0.05, 0) is 24.3 Å². The highest BCUT2D eigenvalue weighted by molar-refractivity contribution is 6.01. The Morgan fingerprint density at radius 1 is 1.08 bits per heavy atom. The van der Waals surface area contributed by atoms with Gasteiger partial charge in [-0.1, -0.05) is 12.1 Å². The normalized spacial score (nSPS) is 11.5. The van der Waals surface area contributed by atoms with Crippen molar-refractivity contribution in [2.45, 2.75) is 6.18 Å². The number of amides is 2. The summed E-state index contributed by atoms with van der Waals surface area (Å²) in [7, 11) is 0. The zero-order valence-electron chi connectivity index (χ0n) is 11.9. The fourth-order valence-corrected chi connectivity index (χ4v) is 2.15. The highest BCUT2D eigenvalue weighted by atomic mass is 19.4. The summed E-state index contributed by atoms with van der Waals surface area (Å²) in [5.41, 5.74) is -0.405. The molecule has 3 rings (SSSR count). The molecule has 0 radical (unpaired) electrons. The summed E-state index contributed by atoms with van der Waals surface area (Å²) >= 11 is 0. The fourth-order valence-electron chi connectivity index (χ4n) is 2.15. The van der Waals surface area contributed by atoms with Crippen LogP contribution < -0.4 is 16.4 Å². The predicted octanol–water partition coefficient (Wildman–Crippen LogP) is 3.78. The van der Waals surface area contributed by atoms with E-state index in [4.69, 9.17) is 4.42 Å². The van der Waals surface area contributed by atoms with Gasteiger partial charge >= 0.3 is 18.0 Å². The number of nitrogens with one attached hydrogen (secondary N) is 3. The van der Waals surface area contributed by atoms with Gasteiger partial charge in [-0.2, -0.15) is 13.2 Å².